The normalized spacial score (nSPS) is 10.9. The Morgan fingerprint density at radius 1 is 1.23 bits per heavy atom. The molecule has 31 heavy (non-hydrogen) atoms. The quantitative estimate of drug-likeness (QED) is 0.526. The van der Waals surface area contributed by atoms with Gasteiger partial charge in [0.15, 0.2) is 0 Å². The Kier molecular flexibility index (Phi) is 6.81. The standard InChI is InChI=1S/C21H18BrF2N3O4/c1-11-26-20(31-10-13-2-3-14(23)9-17(13)24)18(22)21(30)27(11)15-4-5-16(19(25)29)12(8-15)6-7-28/h2-5,8-9,28H,6-7,10H2,1H3,(H2,25,29). The fourth-order valence-corrected chi connectivity index (χ4v) is 3.43. The van der Waals surface area contributed by atoms with Gasteiger partial charge in [0.2, 0.25) is 11.8 Å². The number of benzene rings is 2. The number of nitrogens with two attached hydrogens (primary N) is 1. The van der Waals surface area contributed by atoms with E-state index in [1.807, 2.05) is 0 Å². The highest BCUT2D eigenvalue weighted by molar-refractivity contribution is 9.10. The number of carbonyl (C=O) groups excluding carboxylic acids is 1. The molecule has 0 saturated heterocycles. The van der Waals surface area contributed by atoms with Gasteiger partial charge in [0.1, 0.15) is 28.5 Å². The lowest BCUT2D eigenvalue weighted by molar-refractivity contribution is 0.0999. The lowest BCUT2D eigenvalue weighted by Crippen LogP contribution is -2.24. The van der Waals surface area contributed by atoms with E-state index in [1.54, 1.807) is 13.0 Å². The summed E-state index contributed by atoms with van der Waals surface area (Å²) in [6.07, 6.45) is 0.180. The number of nitrogens with zero attached hydrogens (tertiary/aromatic N) is 2. The summed E-state index contributed by atoms with van der Waals surface area (Å²) in [5.74, 6) is -1.90. The third kappa shape index (κ3) is 4.80. The molecule has 2 aromatic carbocycles. The summed E-state index contributed by atoms with van der Waals surface area (Å²) in [4.78, 5) is 28.8. The molecule has 1 amide bonds. The van der Waals surface area contributed by atoms with Crippen LogP contribution in [0.1, 0.15) is 27.3 Å². The maximum Gasteiger partial charge on any atom is 0.276 e. The fraction of sp³-hybridized carbons (Fsp3) is 0.190. The molecule has 7 nitrogen and oxygen atoms in total. The number of rotatable bonds is 7. The summed E-state index contributed by atoms with van der Waals surface area (Å²) in [5, 5.41) is 9.26. The van der Waals surface area contributed by atoms with Crippen LogP contribution in [0.25, 0.3) is 5.69 Å². The minimum atomic E-state index is -0.771. The predicted molar refractivity (Wildman–Crippen MR) is 112 cm³/mol. The summed E-state index contributed by atoms with van der Waals surface area (Å²) in [6.45, 7) is 1.12. The molecule has 0 radical (unpaired) electrons. The smallest absolute Gasteiger partial charge is 0.276 e. The minimum Gasteiger partial charge on any atom is -0.472 e. The molecule has 0 bridgehead atoms. The third-order valence-electron chi connectivity index (χ3n) is 4.54. The molecule has 0 atom stereocenters. The number of primary amides is 1. The number of halogens is 3. The van der Waals surface area contributed by atoms with Crippen LogP contribution >= 0.6 is 15.9 Å². The summed E-state index contributed by atoms with van der Waals surface area (Å²) in [7, 11) is 0. The van der Waals surface area contributed by atoms with Crippen molar-refractivity contribution in [2.45, 2.75) is 20.0 Å². The van der Waals surface area contributed by atoms with Crippen molar-refractivity contribution < 1.29 is 23.4 Å². The SMILES string of the molecule is Cc1nc(OCc2ccc(F)cc2F)c(Br)c(=O)n1-c1ccc(C(N)=O)c(CCO)c1. The zero-order chi connectivity index (χ0) is 22.7. The highest BCUT2D eigenvalue weighted by atomic mass is 79.9. The van der Waals surface area contributed by atoms with E-state index < -0.39 is 23.1 Å². The Balaban J connectivity index is 1.97. The molecule has 1 heterocycles. The number of carbonyl (C=O) groups is 1. The Morgan fingerprint density at radius 3 is 2.61 bits per heavy atom. The molecule has 10 heteroatoms. The largest absolute Gasteiger partial charge is 0.472 e. The van der Waals surface area contributed by atoms with Crippen molar-refractivity contribution in [3.63, 3.8) is 0 Å². The lowest BCUT2D eigenvalue weighted by atomic mass is 10.0. The van der Waals surface area contributed by atoms with Crippen LogP contribution in [-0.4, -0.2) is 27.2 Å². The number of hydrogen-bond donors (Lipinski definition) is 2. The van der Waals surface area contributed by atoms with Gasteiger partial charge in [0.25, 0.3) is 5.56 Å². The van der Waals surface area contributed by atoms with Gasteiger partial charge >= 0.3 is 0 Å². The summed E-state index contributed by atoms with van der Waals surface area (Å²) in [5.41, 5.74) is 6.12. The molecule has 0 aliphatic heterocycles. The molecule has 0 fully saturated rings. The van der Waals surface area contributed by atoms with Crippen LogP contribution in [0.3, 0.4) is 0 Å². The van der Waals surface area contributed by atoms with E-state index in [-0.39, 0.29) is 46.9 Å². The van der Waals surface area contributed by atoms with Crippen LogP contribution in [0.15, 0.2) is 45.7 Å². The first-order chi connectivity index (χ1) is 14.7. The van der Waals surface area contributed by atoms with E-state index in [1.165, 1.54) is 22.8 Å². The molecular formula is C21H18BrF2N3O4. The Labute approximate surface area is 184 Å². The van der Waals surface area contributed by atoms with Crippen molar-refractivity contribution in [2.75, 3.05) is 6.61 Å². The number of aliphatic hydroxyl groups excluding tert-OH is 1. The topological polar surface area (TPSA) is 107 Å². The Bertz CT molecular complexity index is 1210. The zero-order valence-corrected chi connectivity index (χ0v) is 17.9. The molecule has 0 aliphatic rings. The molecule has 162 valence electrons. The van der Waals surface area contributed by atoms with Crippen molar-refractivity contribution in [3.8, 4) is 11.6 Å². The number of ether oxygens (including phenoxy) is 1. The van der Waals surface area contributed by atoms with Gasteiger partial charge in [0.05, 0.1) is 5.69 Å². The van der Waals surface area contributed by atoms with Gasteiger partial charge in [-0.15, -0.1) is 0 Å². The van der Waals surface area contributed by atoms with Crippen molar-refractivity contribution >= 4 is 21.8 Å². The zero-order valence-electron chi connectivity index (χ0n) is 16.4. The molecule has 3 rings (SSSR count). The van der Waals surface area contributed by atoms with Crippen molar-refractivity contribution in [1.82, 2.24) is 9.55 Å². The summed E-state index contributed by atoms with van der Waals surface area (Å²) in [6, 6.07) is 7.68. The molecule has 0 unspecified atom stereocenters. The summed E-state index contributed by atoms with van der Waals surface area (Å²) >= 11 is 3.16. The highest BCUT2D eigenvalue weighted by Gasteiger charge is 2.18. The first kappa shape index (κ1) is 22.6. The lowest BCUT2D eigenvalue weighted by Gasteiger charge is -2.15. The number of aromatic nitrogens is 2. The molecule has 3 aromatic rings. The van der Waals surface area contributed by atoms with Crippen LogP contribution < -0.4 is 16.0 Å². The highest BCUT2D eigenvalue weighted by Crippen LogP contribution is 2.23. The molecular weight excluding hydrogens is 476 g/mol. The number of amides is 1. The van der Waals surface area contributed by atoms with Gasteiger partial charge in [-0.2, -0.15) is 4.98 Å². The first-order valence-electron chi connectivity index (χ1n) is 9.12. The van der Waals surface area contributed by atoms with E-state index in [0.717, 1.165) is 12.1 Å². The van der Waals surface area contributed by atoms with Gasteiger partial charge in [-0.25, -0.2) is 8.78 Å². The fourth-order valence-electron chi connectivity index (χ4n) is 3.05. The van der Waals surface area contributed by atoms with Crippen LogP contribution in [0.5, 0.6) is 5.88 Å². The van der Waals surface area contributed by atoms with Gasteiger partial charge in [-0.3, -0.25) is 14.2 Å². The molecule has 0 spiro atoms. The molecule has 0 saturated carbocycles. The van der Waals surface area contributed by atoms with Gasteiger partial charge in [-0.05, 0) is 65.2 Å². The van der Waals surface area contributed by atoms with E-state index in [9.17, 15) is 23.5 Å². The second-order valence-electron chi connectivity index (χ2n) is 6.62. The van der Waals surface area contributed by atoms with Gasteiger partial charge < -0.3 is 15.6 Å². The molecule has 0 aliphatic carbocycles. The van der Waals surface area contributed by atoms with Crippen molar-refractivity contribution in [1.29, 1.82) is 0 Å². The number of hydrogen-bond acceptors (Lipinski definition) is 5. The van der Waals surface area contributed by atoms with Crippen LogP contribution in [0.4, 0.5) is 8.78 Å². The second-order valence-corrected chi connectivity index (χ2v) is 7.42. The Hall–Kier alpha value is -3.11. The van der Waals surface area contributed by atoms with E-state index in [0.29, 0.717) is 11.3 Å². The summed E-state index contributed by atoms with van der Waals surface area (Å²) < 4.78 is 33.6. The van der Waals surface area contributed by atoms with Crippen LogP contribution in [0, 0.1) is 18.6 Å². The predicted octanol–water partition coefficient (Wildman–Crippen LogP) is 2.79. The van der Waals surface area contributed by atoms with Crippen molar-refractivity contribution in [2.24, 2.45) is 5.73 Å². The van der Waals surface area contributed by atoms with Gasteiger partial charge in [-0.1, -0.05) is 0 Å². The number of aliphatic hydroxyl groups is 1. The molecule has 3 N–H and O–H groups in total. The third-order valence-corrected chi connectivity index (χ3v) is 5.22. The van der Waals surface area contributed by atoms with Gasteiger partial charge in [0, 0.05) is 23.8 Å². The van der Waals surface area contributed by atoms with Crippen LogP contribution in [-0.2, 0) is 13.0 Å². The monoisotopic (exact) mass is 493 g/mol. The maximum atomic E-state index is 13.8. The van der Waals surface area contributed by atoms with Crippen molar-refractivity contribution in [3.05, 3.63) is 85.4 Å². The van der Waals surface area contributed by atoms with E-state index in [2.05, 4.69) is 20.9 Å². The second kappa shape index (κ2) is 9.36. The van der Waals surface area contributed by atoms with E-state index >= 15 is 0 Å². The average molecular weight is 494 g/mol. The number of aryl methyl sites for hydroxylation is 1. The molecule has 1 aromatic heterocycles. The minimum absolute atomic E-state index is 0.00306. The Morgan fingerprint density at radius 2 is 1.97 bits per heavy atom. The van der Waals surface area contributed by atoms with E-state index in [4.69, 9.17) is 10.5 Å². The average Bonchev–Trinajstić information content (AvgIpc) is 2.71. The maximum absolute atomic E-state index is 13.8. The van der Waals surface area contributed by atoms with Crippen LogP contribution in [0.2, 0.25) is 0 Å². The first-order valence-corrected chi connectivity index (χ1v) is 9.92.